The van der Waals surface area contributed by atoms with Gasteiger partial charge in [-0.25, -0.2) is 4.39 Å². The van der Waals surface area contributed by atoms with Crippen molar-refractivity contribution in [3.63, 3.8) is 0 Å². The summed E-state index contributed by atoms with van der Waals surface area (Å²) in [5.41, 5.74) is 1.18. The zero-order valence-electron chi connectivity index (χ0n) is 11.1. The van der Waals surface area contributed by atoms with Crippen LogP contribution < -0.4 is 0 Å². The molecule has 1 saturated heterocycles. The van der Waals surface area contributed by atoms with Crippen molar-refractivity contribution in [3.8, 4) is 0 Å². The van der Waals surface area contributed by atoms with E-state index < -0.39 is 6.10 Å². The molecule has 110 valence electrons. The number of benzene rings is 1. The van der Waals surface area contributed by atoms with Crippen LogP contribution in [0.5, 0.6) is 0 Å². The molecule has 0 radical (unpaired) electrons. The highest BCUT2D eigenvalue weighted by Gasteiger charge is 2.36. The highest BCUT2D eigenvalue weighted by atomic mass is 35.5. The summed E-state index contributed by atoms with van der Waals surface area (Å²) in [5.74, 6) is -0.556. The molecule has 1 aromatic heterocycles. The topological polar surface area (TPSA) is 56.3 Å². The summed E-state index contributed by atoms with van der Waals surface area (Å²) in [6.45, 7) is 0.248. The number of carbonyl (C=O) groups excluding carboxylic acids is 1. The maximum atomic E-state index is 13.0. The number of hydrogen-bond acceptors (Lipinski definition) is 2. The Balaban J connectivity index is 1.88. The van der Waals surface area contributed by atoms with Crippen LogP contribution >= 0.6 is 11.6 Å². The molecule has 3 rings (SSSR count). The van der Waals surface area contributed by atoms with E-state index in [1.165, 1.54) is 18.3 Å². The highest BCUT2D eigenvalue weighted by Crippen LogP contribution is 2.33. The maximum absolute atomic E-state index is 13.0. The molecule has 0 saturated carbocycles. The Hall–Kier alpha value is -1.85. The van der Waals surface area contributed by atoms with Crippen LogP contribution in [0.1, 0.15) is 28.5 Å². The first-order valence-corrected chi connectivity index (χ1v) is 7.01. The van der Waals surface area contributed by atoms with Gasteiger partial charge in [0.05, 0.1) is 17.2 Å². The Morgan fingerprint density at radius 2 is 2.10 bits per heavy atom. The summed E-state index contributed by atoms with van der Waals surface area (Å²) in [6.07, 6.45) is 1.38. The van der Waals surface area contributed by atoms with Gasteiger partial charge >= 0.3 is 0 Å². The van der Waals surface area contributed by atoms with Gasteiger partial charge in [-0.1, -0.05) is 23.7 Å². The van der Waals surface area contributed by atoms with E-state index >= 15 is 0 Å². The lowest BCUT2D eigenvalue weighted by Gasteiger charge is -2.24. The summed E-state index contributed by atoms with van der Waals surface area (Å²) in [7, 11) is 0. The summed E-state index contributed by atoms with van der Waals surface area (Å²) in [4.78, 5) is 16.9. The minimum absolute atomic E-state index is 0.229. The highest BCUT2D eigenvalue weighted by molar-refractivity contribution is 6.30. The normalized spacial score (nSPS) is 21.8. The number of β-amino-alcohol motifs (C(OH)–C–C–N with tert-alkyl or cyclic N) is 1. The van der Waals surface area contributed by atoms with Gasteiger partial charge in [-0.2, -0.15) is 0 Å². The largest absolute Gasteiger partial charge is 0.391 e. The second-order valence-corrected chi connectivity index (χ2v) is 5.58. The van der Waals surface area contributed by atoms with E-state index in [-0.39, 0.29) is 24.3 Å². The molecule has 1 fully saturated rings. The summed E-state index contributed by atoms with van der Waals surface area (Å²) in [6, 6.07) is 7.27. The number of aromatic nitrogens is 1. The number of aromatic amines is 1. The molecule has 0 aliphatic carbocycles. The number of carbonyl (C=O) groups is 1. The molecule has 2 aromatic rings. The van der Waals surface area contributed by atoms with Gasteiger partial charge in [0.1, 0.15) is 11.5 Å². The number of amides is 1. The molecule has 1 amide bonds. The first-order valence-electron chi connectivity index (χ1n) is 6.63. The summed E-state index contributed by atoms with van der Waals surface area (Å²) >= 11 is 5.82. The first kappa shape index (κ1) is 14.1. The van der Waals surface area contributed by atoms with Crippen LogP contribution in [0, 0.1) is 5.82 Å². The number of nitrogens with one attached hydrogen (secondary N) is 1. The SMILES string of the molecule is O=C(c1cc(Cl)c[nH]1)N1CC(O)CC1c1ccc(F)cc1. The molecule has 1 aromatic carbocycles. The van der Waals surface area contributed by atoms with Crippen LogP contribution in [0.4, 0.5) is 4.39 Å². The Labute approximate surface area is 126 Å². The molecular weight excluding hydrogens is 295 g/mol. The number of rotatable bonds is 2. The summed E-state index contributed by atoms with van der Waals surface area (Å²) < 4.78 is 13.0. The van der Waals surface area contributed by atoms with E-state index in [0.29, 0.717) is 17.1 Å². The van der Waals surface area contributed by atoms with E-state index in [1.54, 1.807) is 23.1 Å². The number of nitrogens with zero attached hydrogens (tertiary/aromatic N) is 1. The van der Waals surface area contributed by atoms with E-state index in [9.17, 15) is 14.3 Å². The second kappa shape index (κ2) is 5.50. The molecule has 1 aliphatic heterocycles. The van der Waals surface area contributed by atoms with E-state index in [2.05, 4.69) is 4.98 Å². The average Bonchev–Trinajstić information content (AvgIpc) is 3.05. The fourth-order valence-corrected chi connectivity index (χ4v) is 2.85. The van der Waals surface area contributed by atoms with Crippen molar-refractivity contribution in [2.45, 2.75) is 18.6 Å². The van der Waals surface area contributed by atoms with Crippen molar-refractivity contribution in [3.05, 3.63) is 58.6 Å². The Kier molecular flexibility index (Phi) is 3.69. The molecular formula is C15H14ClFN2O2. The van der Waals surface area contributed by atoms with E-state index in [4.69, 9.17) is 11.6 Å². The zero-order chi connectivity index (χ0) is 15.0. The minimum atomic E-state index is -0.588. The zero-order valence-corrected chi connectivity index (χ0v) is 11.8. The van der Waals surface area contributed by atoms with Crippen molar-refractivity contribution < 1.29 is 14.3 Å². The smallest absolute Gasteiger partial charge is 0.270 e. The molecule has 2 unspecified atom stereocenters. The van der Waals surface area contributed by atoms with Crippen LogP contribution in [0.25, 0.3) is 0 Å². The lowest BCUT2D eigenvalue weighted by molar-refractivity contribution is 0.0710. The van der Waals surface area contributed by atoms with Crippen LogP contribution in [-0.2, 0) is 0 Å². The van der Waals surface area contributed by atoms with E-state index in [0.717, 1.165) is 5.56 Å². The number of aliphatic hydroxyl groups excluding tert-OH is 1. The van der Waals surface area contributed by atoms with Gasteiger partial charge in [-0.3, -0.25) is 4.79 Å². The Bertz CT molecular complexity index is 656. The Morgan fingerprint density at radius 1 is 1.38 bits per heavy atom. The van der Waals surface area contributed by atoms with Crippen molar-refractivity contribution in [2.24, 2.45) is 0 Å². The summed E-state index contributed by atoms with van der Waals surface area (Å²) in [5, 5.41) is 10.3. The van der Waals surface area contributed by atoms with Crippen LogP contribution in [0.15, 0.2) is 36.5 Å². The lowest BCUT2D eigenvalue weighted by Crippen LogP contribution is -2.32. The molecule has 2 heterocycles. The van der Waals surface area contributed by atoms with Gasteiger partial charge in [-0.15, -0.1) is 0 Å². The predicted octanol–water partition coefficient (Wildman–Crippen LogP) is 2.76. The maximum Gasteiger partial charge on any atom is 0.270 e. The lowest BCUT2D eigenvalue weighted by atomic mass is 10.0. The standard InChI is InChI=1S/C15H14ClFN2O2/c16-10-5-13(18-7-10)15(21)19-8-12(20)6-14(19)9-1-3-11(17)4-2-9/h1-5,7,12,14,18,20H,6,8H2. The molecule has 2 N–H and O–H groups in total. The number of H-pyrrole nitrogens is 1. The fourth-order valence-electron chi connectivity index (χ4n) is 2.69. The molecule has 0 spiro atoms. The van der Waals surface area contributed by atoms with Crippen molar-refractivity contribution in [2.75, 3.05) is 6.54 Å². The fraction of sp³-hybridized carbons (Fsp3) is 0.267. The number of likely N-dealkylation sites (tertiary alicyclic amines) is 1. The second-order valence-electron chi connectivity index (χ2n) is 5.15. The monoisotopic (exact) mass is 308 g/mol. The predicted molar refractivity (Wildman–Crippen MR) is 76.6 cm³/mol. The molecule has 0 bridgehead atoms. The molecule has 2 atom stereocenters. The average molecular weight is 309 g/mol. The van der Waals surface area contributed by atoms with Crippen molar-refractivity contribution >= 4 is 17.5 Å². The first-order chi connectivity index (χ1) is 10.0. The van der Waals surface area contributed by atoms with Gasteiger partial charge in [0, 0.05) is 12.7 Å². The molecule has 4 nitrogen and oxygen atoms in total. The number of hydrogen-bond donors (Lipinski definition) is 2. The quantitative estimate of drug-likeness (QED) is 0.896. The molecule has 21 heavy (non-hydrogen) atoms. The third kappa shape index (κ3) is 2.80. The van der Waals surface area contributed by atoms with Gasteiger partial charge in [0.2, 0.25) is 0 Å². The van der Waals surface area contributed by atoms with Crippen LogP contribution in [0.2, 0.25) is 5.02 Å². The van der Waals surface area contributed by atoms with Gasteiger partial charge in [0.15, 0.2) is 0 Å². The van der Waals surface area contributed by atoms with Crippen LogP contribution in [-0.4, -0.2) is 33.5 Å². The van der Waals surface area contributed by atoms with Gasteiger partial charge < -0.3 is 15.0 Å². The number of aliphatic hydroxyl groups is 1. The van der Waals surface area contributed by atoms with Gasteiger partial charge in [-0.05, 0) is 30.2 Å². The molecule has 1 aliphatic rings. The van der Waals surface area contributed by atoms with E-state index in [1.807, 2.05) is 0 Å². The minimum Gasteiger partial charge on any atom is -0.391 e. The van der Waals surface area contributed by atoms with Crippen molar-refractivity contribution in [1.29, 1.82) is 0 Å². The van der Waals surface area contributed by atoms with Crippen LogP contribution in [0.3, 0.4) is 0 Å². The third-order valence-corrected chi connectivity index (χ3v) is 3.89. The van der Waals surface area contributed by atoms with Gasteiger partial charge in [0.25, 0.3) is 5.91 Å². The molecule has 6 heteroatoms. The van der Waals surface area contributed by atoms with Crippen molar-refractivity contribution in [1.82, 2.24) is 9.88 Å². The third-order valence-electron chi connectivity index (χ3n) is 3.67. The number of halogens is 2. The Morgan fingerprint density at radius 3 is 2.71 bits per heavy atom.